The van der Waals surface area contributed by atoms with E-state index in [-0.39, 0.29) is 17.9 Å². The highest BCUT2D eigenvalue weighted by atomic mass is 19.4. The van der Waals surface area contributed by atoms with E-state index in [4.69, 9.17) is 0 Å². The third kappa shape index (κ3) is 7.95. The first-order valence-electron chi connectivity index (χ1n) is 11.8. The van der Waals surface area contributed by atoms with E-state index in [2.05, 4.69) is 16.0 Å². The number of amides is 2. The predicted molar refractivity (Wildman–Crippen MR) is 134 cm³/mol. The fraction of sp³-hybridized carbons (Fsp3) is 0.286. The van der Waals surface area contributed by atoms with Crippen molar-refractivity contribution in [2.75, 3.05) is 13.1 Å². The summed E-state index contributed by atoms with van der Waals surface area (Å²) in [5.41, 5.74) is 2.45. The molecule has 8 heteroatoms. The molecule has 3 aromatic carbocycles. The van der Waals surface area contributed by atoms with E-state index in [1.807, 2.05) is 44.2 Å². The Morgan fingerprint density at radius 1 is 0.861 bits per heavy atom. The van der Waals surface area contributed by atoms with Gasteiger partial charge in [-0.25, -0.2) is 0 Å². The van der Waals surface area contributed by atoms with Crippen molar-refractivity contribution in [2.24, 2.45) is 0 Å². The highest BCUT2D eigenvalue weighted by molar-refractivity contribution is 6.00. The van der Waals surface area contributed by atoms with Gasteiger partial charge in [-0.2, -0.15) is 13.2 Å². The van der Waals surface area contributed by atoms with Crippen molar-refractivity contribution in [1.82, 2.24) is 16.0 Å². The van der Waals surface area contributed by atoms with Crippen LogP contribution in [-0.4, -0.2) is 24.9 Å². The zero-order chi connectivity index (χ0) is 26.1. The Morgan fingerprint density at radius 2 is 1.56 bits per heavy atom. The molecule has 0 aromatic heterocycles. The summed E-state index contributed by atoms with van der Waals surface area (Å²) in [7, 11) is 0. The summed E-state index contributed by atoms with van der Waals surface area (Å²) in [4.78, 5) is 25.4. The molecule has 0 bridgehead atoms. The van der Waals surface area contributed by atoms with Crippen molar-refractivity contribution < 1.29 is 22.8 Å². The molecule has 0 unspecified atom stereocenters. The normalized spacial score (nSPS) is 12.1. The molecule has 0 saturated heterocycles. The molecule has 0 spiro atoms. The van der Waals surface area contributed by atoms with Crippen LogP contribution in [0.1, 0.15) is 62.4 Å². The summed E-state index contributed by atoms with van der Waals surface area (Å²) >= 11 is 0. The number of benzene rings is 3. The molecule has 1 atom stereocenters. The smallest absolute Gasteiger partial charge is 0.352 e. The maximum absolute atomic E-state index is 12.8. The molecule has 0 radical (unpaired) electrons. The van der Waals surface area contributed by atoms with Crippen LogP contribution in [0.5, 0.6) is 0 Å². The number of hydrogen-bond donors (Lipinski definition) is 3. The molecule has 0 saturated carbocycles. The maximum atomic E-state index is 12.8. The Labute approximate surface area is 209 Å². The molecule has 190 valence electrons. The lowest BCUT2D eigenvalue weighted by Crippen LogP contribution is -2.29. The molecule has 3 N–H and O–H groups in total. The Morgan fingerprint density at radius 3 is 2.25 bits per heavy atom. The molecule has 0 aliphatic carbocycles. The fourth-order valence-corrected chi connectivity index (χ4v) is 3.76. The molecule has 5 nitrogen and oxygen atoms in total. The van der Waals surface area contributed by atoms with Gasteiger partial charge in [0, 0.05) is 24.2 Å². The van der Waals surface area contributed by atoms with Crippen molar-refractivity contribution in [3.05, 3.63) is 106 Å². The largest absolute Gasteiger partial charge is 0.416 e. The molecule has 0 aliphatic heterocycles. The third-order valence-electron chi connectivity index (χ3n) is 5.65. The van der Waals surface area contributed by atoms with Crippen molar-refractivity contribution in [3.8, 4) is 0 Å². The van der Waals surface area contributed by atoms with Gasteiger partial charge < -0.3 is 16.0 Å². The lowest BCUT2D eigenvalue weighted by Gasteiger charge is -2.15. The maximum Gasteiger partial charge on any atom is 0.416 e. The Bertz CT molecular complexity index is 1180. The van der Waals surface area contributed by atoms with Crippen molar-refractivity contribution >= 4 is 11.8 Å². The summed E-state index contributed by atoms with van der Waals surface area (Å²) in [5, 5.41) is 8.87. The Kier molecular flexibility index (Phi) is 9.25. The van der Waals surface area contributed by atoms with Gasteiger partial charge in [0.05, 0.1) is 11.6 Å². The number of nitrogens with one attached hydrogen (secondary N) is 3. The van der Waals surface area contributed by atoms with Gasteiger partial charge in [0.2, 0.25) is 0 Å². The molecular formula is C28H30F3N3O2. The van der Waals surface area contributed by atoms with E-state index in [9.17, 15) is 22.8 Å². The van der Waals surface area contributed by atoms with Crippen molar-refractivity contribution in [2.45, 2.75) is 39.0 Å². The molecule has 0 aliphatic rings. The Balaban J connectivity index is 1.46. The lowest BCUT2D eigenvalue weighted by molar-refractivity contribution is -0.137. The highest BCUT2D eigenvalue weighted by Crippen LogP contribution is 2.29. The van der Waals surface area contributed by atoms with Gasteiger partial charge in [-0.15, -0.1) is 0 Å². The number of aryl methyl sites for hydroxylation is 1. The fourth-order valence-electron chi connectivity index (χ4n) is 3.76. The summed E-state index contributed by atoms with van der Waals surface area (Å²) in [6.45, 7) is 4.93. The predicted octanol–water partition coefficient (Wildman–Crippen LogP) is 5.41. The van der Waals surface area contributed by atoms with Crippen LogP contribution in [0, 0.1) is 6.92 Å². The number of carbonyl (C=O) groups excluding carboxylic acids is 2. The SMILES string of the molecule is Cc1cc(C(=O)NCCCNCc2cccc(C(F)(F)F)c2)cc(C(=O)N[C@H](C)c2ccccc2)c1. The van der Waals surface area contributed by atoms with Crippen molar-refractivity contribution in [1.29, 1.82) is 0 Å². The van der Waals surface area contributed by atoms with Gasteiger partial charge in [-0.3, -0.25) is 9.59 Å². The third-order valence-corrected chi connectivity index (χ3v) is 5.65. The quantitative estimate of drug-likeness (QED) is 0.328. The lowest BCUT2D eigenvalue weighted by atomic mass is 10.0. The van der Waals surface area contributed by atoms with Crippen molar-refractivity contribution in [3.63, 3.8) is 0 Å². The number of carbonyl (C=O) groups is 2. The molecule has 3 rings (SSSR count). The first-order chi connectivity index (χ1) is 17.1. The summed E-state index contributed by atoms with van der Waals surface area (Å²) in [6.07, 6.45) is -3.77. The van der Waals surface area contributed by atoms with Gasteiger partial charge in [-0.05, 0) is 67.8 Å². The minimum atomic E-state index is -4.36. The van der Waals surface area contributed by atoms with E-state index >= 15 is 0 Å². The molecule has 0 heterocycles. The Hall–Kier alpha value is -3.65. The standard InChI is InChI=1S/C28H30F3N3O2/c1-19-14-23(17-24(15-19)27(36)34-20(2)22-9-4-3-5-10-22)26(35)33-13-7-12-32-18-21-8-6-11-25(16-21)28(29,30)31/h3-6,8-11,14-17,20,32H,7,12-13,18H2,1-2H3,(H,33,35)(H,34,36)/t20-/m1/s1. The first kappa shape index (κ1) is 26.9. The zero-order valence-corrected chi connectivity index (χ0v) is 20.3. The van der Waals surface area contributed by atoms with Gasteiger partial charge in [-0.1, -0.05) is 48.5 Å². The van der Waals surface area contributed by atoms with Crippen LogP contribution in [0.4, 0.5) is 13.2 Å². The van der Waals surface area contributed by atoms with E-state index < -0.39 is 11.7 Å². The molecule has 2 amide bonds. The second-order valence-corrected chi connectivity index (χ2v) is 8.68. The minimum absolute atomic E-state index is 0.181. The van der Waals surface area contributed by atoms with Gasteiger partial charge in [0.1, 0.15) is 0 Å². The number of alkyl halides is 3. The molecule has 3 aromatic rings. The molecule has 0 fully saturated rings. The van der Waals surface area contributed by atoms with Crippen LogP contribution < -0.4 is 16.0 Å². The van der Waals surface area contributed by atoms with E-state index in [1.165, 1.54) is 6.07 Å². The van der Waals surface area contributed by atoms with E-state index in [0.29, 0.717) is 42.7 Å². The van der Waals surface area contributed by atoms with Crippen LogP contribution in [-0.2, 0) is 12.7 Å². The van der Waals surface area contributed by atoms with Crippen LogP contribution in [0.2, 0.25) is 0 Å². The van der Waals surface area contributed by atoms with Crippen LogP contribution in [0.15, 0.2) is 72.8 Å². The molecular weight excluding hydrogens is 467 g/mol. The van der Waals surface area contributed by atoms with E-state index in [1.54, 1.807) is 24.3 Å². The second-order valence-electron chi connectivity index (χ2n) is 8.68. The minimum Gasteiger partial charge on any atom is -0.352 e. The van der Waals surface area contributed by atoms with E-state index in [0.717, 1.165) is 23.3 Å². The molecule has 36 heavy (non-hydrogen) atoms. The van der Waals surface area contributed by atoms with Crippen LogP contribution in [0.25, 0.3) is 0 Å². The zero-order valence-electron chi connectivity index (χ0n) is 20.3. The van der Waals surface area contributed by atoms with Gasteiger partial charge in [0.15, 0.2) is 0 Å². The average Bonchev–Trinajstić information content (AvgIpc) is 2.85. The summed E-state index contributed by atoms with van der Waals surface area (Å²) < 4.78 is 38.4. The van der Waals surface area contributed by atoms with Gasteiger partial charge >= 0.3 is 6.18 Å². The topological polar surface area (TPSA) is 70.2 Å². The van der Waals surface area contributed by atoms with Crippen LogP contribution >= 0.6 is 0 Å². The number of hydrogen-bond acceptors (Lipinski definition) is 3. The monoisotopic (exact) mass is 497 g/mol. The summed E-state index contributed by atoms with van der Waals surface area (Å²) in [5.74, 6) is -0.551. The highest BCUT2D eigenvalue weighted by Gasteiger charge is 2.30. The number of rotatable bonds is 10. The summed E-state index contributed by atoms with van der Waals surface area (Å²) in [6, 6.07) is 19.7. The first-order valence-corrected chi connectivity index (χ1v) is 11.8. The number of halogens is 3. The van der Waals surface area contributed by atoms with Gasteiger partial charge in [0.25, 0.3) is 11.8 Å². The second kappa shape index (κ2) is 12.4. The van der Waals surface area contributed by atoms with Crippen LogP contribution in [0.3, 0.4) is 0 Å². The average molecular weight is 498 g/mol.